The topological polar surface area (TPSA) is 23.6 Å². The molecule has 5 heteroatoms. The Kier molecular flexibility index (Phi) is 26.5. The van der Waals surface area contributed by atoms with Crippen LogP contribution in [0.4, 0.5) is 0 Å². The number of hydrogen-bond acceptors (Lipinski definition) is 4. The molecule has 1 rings (SSSR count). The Labute approximate surface area is 271 Å². The lowest BCUT2D eigenvalue weighted by Crippen LogP contribution is -2.62. The predicted octanol–water partition coefficient (Wildman–Crippen LogP) is 10.8. The van der Waals surface area contributed by atoms with Crippen LogP contribution in [0.1, 0.15) is 142 Å². The number of allylic oxidation sites excluding steroid dienone is 4. The molecule has 1 aliphatic rings. The molecule has 42 heavy (non-hydrogen) atoms. The summed E-state index contributed by atoms with van der Waals surface area (Å²) in [4.78, 5) is 16.7. The Morgan fingerprint density at radius 1 is 0.619 bits per heavy atom. The van der Waals surface area contributed by atoms with Gasteiger partial charge >= 0.3 is 0 Å². The summed E-state index contributed by atoms with van der Waals surface area (Å²) in [6.07, 6.45) is 36.4. The highest BCUT2D eigenvalue weighted by molar-refractivity contribution is 8.00. The number of thioether (sulfide) groups is 2. The van der Waals surface area contributed by atoms with Crippen molar-refractivity contribution in [1.82, 2.24) is 9.80 Å². The van der Waals surface area contributed by atoms with Gasteiger partial charge in [-0.1, -0.05) is 115 Å². The van der Waals surface area contributed by atoms with E-state index in [4.69, 9.17) is 0 Å². The third-order valence-electron chi connectivity index (χ3n) is 8.27. The van der Waals surface area contributed by atoms with Gasteiger partial charge in [-0.05, 0) is 77.0 Å². The number of likely N-dealkylation sites (N-methyl/N-ethyl adjacent to an activating group) is 1. The molecule has 3 nitrogen and oxygen atoms in total. The highest BCUT2D eigenvalue weighted by Crippen LogP contribution is 2.38. The molecule has 0 aromatic rings. The van der Waals surface area contributed by atoms with E-state index >= 15 is 0 Å². The first-order chi connectivity index (χ1) is 20.5. The van der Waals surface area contributed by atoms with Crippen LogP contribution >= 0.6 is 23.5 Å². The van der Waals surface area contributed by atoms with Crippen LogP contribution < -0.4 is 0 Å². The average Bonchev–Trinajstić information content (AvgIpc) is 2.94. The zero-order valence-corrected chi connectivity index (χ0v) is 30.2. The summed E-state index contributed by atoms with van der Waals surface area (Å²) < 4.78 is 0. The molecule has 0 N–H and O–H groups in total. The van der Waals surface area contributed by atoms with E-state index in [0.717, 1.165) is 13.1 Å². The lowest BCUT2D eigenvalue weighted by atomic mass is 9.83. The van der Waals surface area contributed by atoms with Crippen LogP contribution in [-0.2, 0) is 4.79 Å². The van der Waals surface area contributed by atoms with Crippen LogP contribution in [0.2, 0.25) is 0 Å². The van der Waals surface area contributed by atoms with Crippen molar-refractivity contribution in [1.29, 1.82) is 0 Å². The Morgan fingerprint density at radius 2 is 1.00 bits per heavy atom. The molecule has 0 spiro atoms. The fourth-order valence-corrected chi connectivity index (χ4v) is 8.24. The maximum absolute atomic E-state index is 12.6. The van der Waals surface area contributed by atoms with Crippen molar-refractivity contribution in [2.45, 2.75) is 142 Å². The zero-order valence-electron chi connectivity index (χ0n) is 28.5. The molecule has 1 saturated heterocycles. The zero-order chi connectivity index (χ0) is 30.6. The first kappa shape index (κ1) is 39.6. The molecule has 0 saturated carbocycles. The normalized spacial score (nSPS) is 14.9. The Morgan fingerprint density at radius 3 is 1.40 bits per heavy atom. The summed E-state index contributed by atoms with van der Waals surface area (Å²) in [5, 5.41) is 0. The van der Waals surface area contributed by atoms with Crippen molar-refractivity contribution in [2.75, 3.05) is 56.7 Å². The Hall–Kier alpha value is -0.390. The van der Waals surface area contributed by atoms with E-state index in [1.54, 1.807) is 0 Å². The van der Waals surface area contributed by atoms with Crippen LogP contribution in [0.5, 0.6) is 0 Å². The first-order valence-corrected chi connectivity index (χ1v) is 20.2. The van der Waals surface area contributed by atoms with Crippen molar-refractivity contribution in [2.24, 2.45) is 5.41 Å². The van der Waals surface area contributed by atoms with E-state index in [2.05, 4.69) is 66.6 Å². The minimum absolute atomic E-state index is 0.304. The molecule has 246 valence electrons. The molecule has 0 aromatic heterocycles. The summed E-state index contributed by atoms with van der Waals surface area (Å²) >= 11 is 4.31. The monoisotopic (exact) mass is 622 g/mol. The summed E-state index contributed by atoms with van der Waals surface area (Å²) in [6.45, 7) is 7.01. The van der Waals surface area contributed by atoms with E-state index in [-0.39, 0.29) is 0 Å². The van der Waals surface area contributed by atoms with Gasteiger partial charge in [0.15, 0.2) is 0 Å². The molecule has 1 amide bonds. The van der Waals surface area contributed by atoms with Gasteiger partial charge in [0.05, 0.1) is 6.54 Å². The smallest absolute Gasteiger partial charge is 0.236 e. The molecular weight excluding hydrogens is 553 g/mol. The number of unbranched alkanes of at least 4 members (excludes halogenated alkanes) is 16. The second-order valence-corrected chi connectivity index (χ2v) is 15.4. The van der Waals surface area contributed by atoms with Crippen molar-refractivity contribution in [3.8, 4) is 0 Å². The van der Waals surface area contributed by atoms with Crippen molar-refractivity contribution >= 4 is 29.4 Å². The molecule has 1 aliphatic heterocycles. The van der Waals surface area contributed by atoms with Crippen LogP contribution in [0.3, 0.4) is 0 Å². The quantitative estimate of drug-likeness (QED) is 0.0587. The molecule has 1 fully saturated rings. The second-order valence-electron chi connectivity index (χ2n) is 13.1. The Balaban J connectivity index is 2.14. The first-order valence-electron chi connectivity index (χ1n) is 17.9. The lowest BCUT2D eigenvalue weighted by Gasteiger charge is -2.50. The fourth-order valence-electron chi connectivity index (χ4n) is 5.57. The standard InChI is InChI=1S/C37H70N2OS2/c1-5-7-9-11-13-15-17-19-21-23-25-27-29-41-34-37(32-39(33-37)36(40)31-38(3)4)35-42-30-28-26-24-22-20-18-16-14-12-10-8-6-2/h11-14H,5-10,15-35H2,1-4H3/b13-11-,14-12-. The maximum Gasteiger partial charge on any atom is 0.236 e. The summed E-state index contributed by atoms with van der Waals surface area (Å²) in [6, 6.07) is 0. The second kappa shape index (κ2) is 28.1. The lowest BCUT2D eigenvalue weighted by molar-refractivity contribution is -0.141. The SMILES string of the molecule is CCCC/C=C\CCCCCCCCSCC1(CSCCCCCCCC/C=C\CCCC)CN(C(=O)CN(C)C)C1. The van der Waals surface area contributed by atoms with Gasteiger partial charge in [0.1, 0.15) is 0 Å². The molecule has 0 unspecified atom stereocenters. The summed E-state index contributed by atoms with van der Waals surface area (Å²) in [7, 11) is 3.99. The van der Waals surface area contributed by atoms with Crippen LogP contribution in [0.25, 0.3) is 0 Å². The van der Waals surface area contributed by atoms with Gasteiger partial charge < -0.3 is 9.80 Å². The highest BCUT2D eigenvalue weighted by atomic mass is 32.2. The predicted molar refractivity (Wildman–Crippen MR) is 194 cm³/mol. The maximum atomic E-state index is 12.6. The molecule has 0 atom stereocenters. The number of amides is 1. The number of carbonyl (C=O) groups is 1. The summed E-state index contributed by atoms with van der Waals surface area (Å²) in [5.41, 5.74) is 0.340. The van der Waals surface area contributed by atoms with Gasteiger partial charge in [0, 0.05) is 30.0 Å². The molecule has 0 radical (unpaired) electrons. The highest BCUT2D eigenvalue weighted by Gasteiger charge is 2.44. The largest absolute Gasteiger partial charge is 0.340 e. The van der Waals surface area contributed by atoms with Gasteiger partial charge in [-0.3, -0.25) is 4.79 Å². The molecule has 0 bridgehead atoms. The molecular formula is C37H70N2OS2. The minimum atomic E-state index is 0.304. The number of rotatable bonds is 30. The number of hydrogen-bond donors (Lipinski definition) is 0. The average molecular weight is 623 g/mol. The van der Waals surface area contributed by atoms with E-state index in [0.29, 0.717) is 17.9 Å². The minimum Gasteiger partial charge on any atom is -0.340 e. The van der Waals surface area contributed by atoms with Gasteiger partial charge in [0.25, 0.3) is 0 Å². The number of nitrogens with zero attached hydrogens (tertiary/aromatic N) is 2. The Bertz CT molecular complexity index is 633. The van der Waals surface area contributed by atoms with Crippen LogP contribution in [0.15, 0.2) is 24.3 Å². The van der Waals surface area contributed by atoms with Gasteiger partial charge in [-0.15, -0.1) is 0 Å². The van der Waals surface area contributed by atoms with Crippen LogP contribution in [-0.4, -0.2) is 72.4 Å². The van der Waals surface area contributed by atoms with E-state index < -0.39 is 0 Å². The number of likely N-dealkylation sites (tertiary alicyclic amines) is 1. The number of carbonyl (C=O) groups excluding carboxylic acids is 1. The third kappa shape index (κ3) is 22.2. The van der Waals surface area contributed by atoms with Crippen molar-refractivity contribution < 1.29 is 4.79 Å². The fraction of sp³-hybridized carbons (Fsp3) is 0.865. The molecule has 0 aliphatic carbocycles. The van der Waals surface area contributed by atoms with E-state index in [1.165, 1.54) is 151 Å². The van der Waals surface area contributed by atoms with Crippen LogP contribution in [0, 0.1) is 5.41 Å². The third-order valence-corrected chi connectivity index (χ3v) is 11.1. The van der Waals surface area contributed by atoms with Crippen molar-refractivity contribution in [3.05, 3.63) is 24.3 Å². The van der Waals surface area contributed by atoms with Gasteiger partial charge in [-0.2, -0.15) is 23.5 Å². The molecule has 1 heterocycles. The van der Waals surface area contributed by atoms with Crippen molar-refractivity contribution in [3.63, 3.8) is 0 Å². The summed E-state index contributed by atoms with van der Waals surface area (Å²) in [5.74, 6) is 5.32. The van der Waals surface area contributed by atoms with E-state index in [9.17, 15) is 4.79 Å². The van der Waals surface area contributed by atoms with Gasteiger partial charge in [0.2, 0.25) is 5.91 Å². The van der Waals surface area contributed by atoms with E-state index in [1.807, 2.05) is 19.0 Å². The molecule has 0 aromatic carbocycles. The van der Waals surface area contributed by atoms with Gasteiger partial charge in [-0.25, -0.2) is 0 Å².